The molecule has 1 aromatic rings. The average Bonchev–Trinajstić information content (AvgIpc) is 2.77. The molecular weight excluding hydrogens is 258 g/mol. The van der Waals surface area contributed by atoms with E-state index >= 15 is 0 Å². The molecule has 1 unspecified atom stereocenters. The van der Waals surface area contributed by atoms with Crippen molar-refractivity contribution in [1.29, 1.82) is 0 Å². The zero-order valence-corrected chi connectivity index (χ0v) is 12.8. The van der Waals surface area contributed by atoms with Crippen LogP contribution in [0.4, 0.5) is 0 Å². The summed E-state index contributed by atoms with van der Waals surface area (Å²) in [5.41, 5.74) is 0.203. The van der Waals surface area contributed by atoms with Gasteiger partial charge in [-0.3, -0.25) is 9.69 Å². The van der Waals surface area contributed by atoms with Gasteiger partial charge in [-0.15, -0.1) is 11.3 Å². The van der Waals surface area contributed by atoms with Crippen molar-refractivity contribution in [3.63, 3.8) is 0 Å². The second kappa shape index (κ2) is 5.63. The van der Waals surface area contributed by atoms with E-state index in [1.807, 2.05) is 11.3 Å². The minimum Gasteiger partial charge on any atom is -0.481 e. The van der Waals surface area contributed by atoms with Gasteiger partial charge in [0.2, 0.25) is 0 Å². The molecule has 1 N–H and O–H groups in total. The SMILES string of the molecule is CC(C)(C)c1ccc(CN2CCCC(C(=O)O)C2)s1. The summed E-state index contributed by atoms with van der Waals surface area (Å²) in [5, 5.41) is 9.11. The summed E-state index contributed by atoms with van der Waals surface area (Å²) in [4.78, 5) is 16.1. The van der Waals surface area contributed by atoms with E-state index in [0.717, 1.165) is 25.9 Å². The first kappa shape index (κ1) is 14.5. The van der Waals surface area contributed by atoms with E-state index in [4.69, 9.17) is 5.11 Å². The van der Waals surface area contributed by atoms with E-state index in [1.54, 1.807) is 0 Å². The first-order valence-electron chi connectivity index (χ1n) is 6.90. The molecule has 0 radical (unpaired) electrons. The van der Waals surface area contributed by atoms with Crippen LogP contribution in [0, 0.1) is 5.92 Å². The van der Waals surface area contributed by atoms with Crippen LogP contribution in [0.25, 0.3) is 0 Å². The van der Waals surface area contributed by atoms with Gasteiger partial charge in [0.05, 0.1) is 5.92 Å². The van der Waals surface area contributed by atoms with Crippen LogP contribution in [0.2, 0.25) is 0 Å². The number of piperidine rings is 1. The number of aliphatic carboxylic acids is 1. The summed E-state index contributed by atoms with van der Waals surface area (Å²) in [6, 6.07) is 4.40. The Bertz CT molecular complexity index is 447. The minimum absolute atomic E-state index is 0.184. The van der Waals surface area contributed by atoms with Gasteiger partial charge in [-0.05, 0) is 36.9 Å². The molecule has 106 valence electrons. The number of likely N-dealkylation sites (tertiary alicyclic amines) is 1. The van der Waals surface area contributed by atoms with Crippen molar-refractivity contribution in [3.05, 3.63) is 21.9 Å². The number of carbonyl (C=O) groups is 1. The van der Waals surface area contributed by atoms with Crippen LogP contribution in [-0.2, 0) is 16.8 Å². The summed E-state index contributed by atoms with van der Waals surface area (Å²) in [6.07, 6.45) is 1.82. The zero-order chi connectivity index (χ0) is 14.0. The van der Waals surface area contributed by atoms with Crippen molar-refractivity contribution < 1.29 is 9.90 Å². The zero-order valence-electron chi connectivity index (χ0n) is 12.0. The number of thiophene rings is 1. The van der Waals surface area contributed by atoms with E-state index in [1.165, 1.54) is 9.75 Å². The van der Waals surface area contributed by atoms with Gasteiger partial charge in [-0.2, -0.15) is 0 Å². The largest absolute Gasteiger partial charge is 0.481 e. The standard InChI is InChI=1S/C15H23NO2S/c1-15(2,3)13-7-6-12(19-13)10-16-8-4-5-11(9-16)14(17)18/h6-7,11H,4-5,8-10H2,1-3H3,(H,17,18). The molecular formula is C15H23NO2S. The maximum atomic E-state index is 11.1. The van der Waals surface area contributed by atoms with Gasteiger partial charge in [-0.1, -0.05) is 20.8 Å². The monoisotopic (exact) mass is 281 g/mol. The summed E-state index contributed by atoms with van der Waals surface area (Å²) < 4.78 is 0. The second-order valence-electron chi connectivity index (χ2n) is 6.43. The third-order valence-electron chi connectivity index (χ3n) is 3.64. The molecule has 0 bridgehead atoms. The van der Waals surface area contributed by atoms with Crippen molar-refractivity contribution in [2.45, 2.75) is 45.6 Å². The molecule has 4 heteroatoms. The molecule has 1 aliphatic heterocycles. The molecule has 3 nitrogen and oxygen atoms in total. The molecule has 2 heterocycles. The molecule has 1 aromatic heterocycles. The number of carboxylic acid groups (broad SMARTS) is 1. The summed E-state index contributed by atoms with van der Waals surface area (Å²) in [6.45, 7) is 9.28. The Labute approximate surface area is 119 Å². The van der Waals surface area contributed by atoms with Crippen LogP contribution in [0.15, 0.2) is 12.1 Å². The molecule has 0 aliphatic carbocycles. The van der Waals surface area contributed by atoms with E-state index in [9.17, 15) is 4.79 Å². The highest BCUT2D eigenvalue weighted by atomic mass is 32.1. The molecule has 1 atom stereocenters. The Hall–Kier alpha value is -0.870. The van der Waals surface area contributed by atoms with Crippen molar-refractivity contribution in [3.8, 4) is 0 Å². The van der Waals surface area contributed by atoms with E-state index in [0.29, 0.717) is 6.54 Å². The molecule has 0 spiro atoms. The molecule has 0 aromatic carbocycles. The topological polar surface area (TPSA) is 40.5 Å². The Balaban J connectivity index is 1.97. The lowest BCUT2D eigenvalue weighted by Crippen LogP contribution is -2.37. The van der Waals surface area contributed by atoms with E-state index in [-0.39, 0.29) is 11.3 Å². The van der Waals surface area contributed by atoms with Gasteiger partial charge in [0.25, 0.3) is 0 Å². The number of rotatable bonds is 3. The summed E-state index contributed by atoms with van der Waals surface area (Å²) in [7, 11) is 0. The minimum atomic E-state index is -0.647. The highest BCUT2D eigenvalue weighted by Crippen LogP contribution is 2.30. The van der Waals surface area contributed by atoms with Crippen molar-refractivity contribution in [1.82, 2.24) is 4.90 Å². The van der Waals surface area contributed by atoms with Crippen LogP contribution in [0.5, 0.6) is 0 Å². The smallest absolute Gasteiger partial charge is 0.307 e. The van der Waals surface area contributed by atoms with Gasteiger partial charge in [-0.25, -0.2) is 0 Å². The van der Waals surface area contributed by atoms with Crippen LogP contribution in [0.1, 0.15) is 43.4 Å². The summed E-state index contributed by atoms with van der Waals surface area (Å²) >= 11 is 1.85. The van der Waals surface area contributed by atoms with Gasteiger partial charge < -0.3 is 5.11 Å². The number of carboxylic acids is 1. The fourth-order valence-corrected chi connectivity index (χ4v) is 3.60. The fourth-order valence-electron chi connectivity index (χ4n) is 2.49. The van der Waals surface area contributed by atoms with Crippen LogP contribution < -0.4 is 0 Å². The van der Waals surface area contributed by atoms with Crippen LogP contribution >= 0.6 is 11.3 Å². The molecule has 1 aliphatic rings. The quantitative estimate of drug-likeness (QED) is 0.923. The highest BCUT2D eigenvalue weighted by Gasteiger charge is 2.25. The van der Waals surface area contributed by atoms with E-state index < -0.39 is 5.97 Å². The lowest BCUT2D eigenvalue weighted by atomic mass is 9.95. The van der Waals surface area contributed by atoms with E-state index in [2.05, 4.69) is 37.8 Å². The molecule has 2 rings (SSSR count). The predicted octanol–water partition coefficient (Wildman–Crippen LogP) is 3.34. The van der Waals surface area contributed by atoms with Crippen molar-refractivity contribution in [2.75, 3.05) is 13.1 Å². The normalized spacial score (nSPS) is 21.5. The van der Waals surface area contributed by atoms with Gasteiger partial charge in [0.15, 0.2) is 0 Å². The Morgan fingerprint density at radius 2 is 2.21 bits per heavy atom. The van der Waals surface area contributed by atoms with Gasteiger partial charge >= 0.3 is 5.97 Å². The third-order valence-corrected chi connectivity index (χ3v) is 5.13. The predicted molar refractivity (Wildman–Crippen MR) is 78.7 cm³/mol. The Morgan fingerprint density at radius 3 is 2.79 bits per heavy atom. The molecule has 0 saturated carbocycles. The van der Waals surface area contributed by atoms with Crippen LogP contribution in [0.3, 0.4) is 0 Å². The molecule has 0 amide bonds. The maximum absolute atomic E-state index is 11.1. The first-order valence-corrected chi connectivity index (χ1v) is 7.72. The second-order valence-corrected chi connectivity index (χ2v) is 7.60. The Morgan fingerprint density at radius 1 is 1.47 bits per heavy atom. The number of hydrogen-bond donors (Lipinski definition) is 1. The van der Waals surface area contributed by atoms with Crippen molar-refractivity contribution in [2.24, 2.45) is 5.92 Å². The third kappa shape index (κ3) is 3.80. The lowest BCUT2D eigenvalue weighted by molar-refractivity contribution is -0.143. The molecule has 19 heavy (non-hydrogen) atoms. The van der Waals surface area contributed by atoms with Crippen LogP contribution in [-0.4, -0.2) is 29.1 Å². The fraction of sp³-hybridized carbons (Fsp3) is 0.667. The highest BCUT2D eigenvalue weighted by molar-refractivity contribution is 7.12. The summed E-state index contributed by atoms with van der Waals surface area (Å²) in [5.74, 6) is -0.831. The van der Waals surface area contributed by atoms with Crippen molar-refractivity contribution >= 4 is 17.3 Å². The average molecular weight is 281 g/mol. The van der Waals surface area contributed by atoms with Gasteiger partial charge in [0, 0.05) is 22.8 Å². The molecule has 1 fully saturated rings. The first-order chi connectivity index (χ1) is 8.86. The number of hydrogen-bond acceptors (Lipinski definition) is 3. The lowest BCUT2D eigenvalue weighted by Gasteiger charge is -2.30. The maximum Gasteiger partial charge on any atom is 0.307 e. The van der Waals surface area contributed by atoms with Gasteiger partial charge in [0.1, 0.15) is 0 Å². The Kier molecular flexibility index (Phi) is 4.31. The molecule has 1 saturated heterocycles. The number of nitrogens with zero attached hydrogens (tertiary/aromatic N) is 1.